The van der Waals surface area contributed by atoms with Gasteiger partial charge in [0, 0.05) is 30.5 Å². The predicted molar refractivity (Wildman–Crippen MR) is 80.0 cm³/mol. The molecule has 0 aliphatic carbocycles. The fraction of sp³-hybridized carbons (Fsp3) is 0.438. The number of aromatic nitrogens is 2. The second kappa shape index (κ2) is 6.53. The van der Waals surface area contributed by atoms with Crippen LogP contribution in [0.3, 0.4) is 0 Å². The Morgan fingerprint density at radius 1 is 1.26 bits per heavy atom. The van der Waals surface area contributed by atoms with Gasteiger partial charge in [-0.2, -0.15) is 0 Å². The zero-order valence-electron chi connectivity index (χ0n) is 12.0. The molecule has 2 rings (SSSR count). The number of hydrogen-bond donors (Lipinski definition) is 1. The lowest BCUT2D eigenvalue weighted by Gasteiger charge is -2.23. The smallest absolute Gasteiger partial charge is 0.139 e. The van der Waals surface area contributed by atoms with Gasteiger partial charge in [-0.25, -0.2) is 4.98 Å². The zero-order valence-corrected chi connectivity index (χ0v) is 12.0. The molecule has 3 heteroatoms. The number of imidazole rings is 1. The Morgan fingerprint density at radius 2 is 2.00 bits per heavy atom. The summed E-state index contributed by atoms with van der Waals surface area (Å²) in [6.45, 7) is 5.48. The molecule has 1 N–H and O–H groups in total. The van der Waals surface area contributed by atoms with E-state index in [9.17, 15) is 0 Å². The second-order valence-electron chi connectivity index (χ2n) is 5.05. The fourth-order valence-electron chi connectivity index (χ4n) is 2.36. The van der Waals surface area contributed by atoms with Gasteiger partial charge in [-0.3, -0.25) is 0 Å². The maximum Gasteiger partial charge on any atom is 0.139 e. The van der Waals surface area contributed by atoms with Crippen LogP contribution in [0.5, 0.6) is 0 Å². The molecule has 102 valence electrons. The first-order valence-electron chi connectivity index (χ1n) is 7.00. The molecule has 0 aliphatic rings. The number of nitrogens with zero attached hydrogens (tertiary/aromatic N) is 2. The summed E-state index contributed by atoms with van der Waals surface area (Å²) in [4.78, 5) is 4.49. The average molecular weight is 257 g/mol. The third-order valence-electron chi connectivity index (χ3n) is 3.84. The first-order chi connectivity index (χ1) is 9.26. The molecule has 1 aromatic carbocycles. The molecular weight excluding hydrogens is 234 g/mol. The Balaban J connectivity index is 2.20. The van der Waals surface area contributed by atoms with E-state index in [0.29, 0.717) is 12.0 Å². The average Bonchev–Trinajstić information content (AvgIpc) is 2.93. The Bertz CT molecular complexity index is 490. The van der Waals surface area contributed by atoms with E-state index in [1.807, 2.05) is 19.3 Å². The van der Waals surface area contributed by atoms with Gasteiger partial charge in [0.05, 0.1) is 0 Å². The van der Waals surface area contributed by atoms with Crippen molar-refractivity contribution in [2.45, 2.75) is 32.9 Å². The fourth-order valence-corrected chi connectivity index (χ4v) is 2.36. The van der Waals surface area contributed by atoms with E-state index in [1.165, 1.54) is 12.0 Å². The highest BCUT2D eigenvalue weighted by Gasteiger charge is 2.16. The molecule has 2 aromatic rings. The van der Waals surface area contributed by atoms with Gasteiger partial charge in [-0.05, 0) is 13.0 Å². The maximum absolute atomic E-state index is 4.49. The minimum Gasteiger partial charge on any atom is -0.329 e. The van der Waals surface area contributed by atoms with E-state index in [1.54, 1.807) is 0 Å². The van der Waals surface area contributed by atoms with Crippen LogP contribution >= 0.6 is 0 Å². The number of likely N-dealkylation sites (N-methyl/N-ethyl adjacent to an activating group) is 1. The highest BCUT2D eigenvalue weighted by Crippen LogP contribution is 2.18. The SMILES string of the molecule is CCC(C)C(Cn1ccnc1-c1ccccc1)NC. The van der Waals surface area contributed by atoms with E-state index in [2.05, 4.69) is 59.2 Å². The molecule has 1 heterocycles. The van der Waals surface area contributed by atoms with Gasteiger partial charge in [0.1, 0.15) is 5.82 Å². The molecule has 0 saturated heterocycles. The number of rotatable bonds is 6. The van der Waals surface area contributed by atoms with Crippen molar-refractivity contribution in [3.05, 3.63) is 42.7 Å². The summed E-state index contributed by atoms with van der Waals surface area (Å²) in [5, 5.41) is 3.42. The van der Waals surface area contributed by atoms with Gasteiger partial charge in [-0.1, -0.05) is 50.6 Å². The summed E-state index contributed by atoms with van der Waals surface area (Å²) >= 11 is 0. The largest absolute Gasteiger partial charge is 0.329 e. The predicted octanol–water partition coefficient (Wildman–Crippen LogP) is 3.18. The van der Waals surface area contributed by atoms with Crippen LogP contribution in [-0.2, 0) is 6.54 Å². The Labute approximate surface area is 115 Å². The van der Waals surface area contributed by atoms with Crippen LogP contribution in [0.2, 0.25) is 0 Å². The van der Waals surface area contributed by atoms with Gasteiger partial charge in [0.2, 0.25) is 0 Å². The van der Waals surface area contributed by atoms with E-state index in [0.717, 1.165) is 12.4 Å². The molecule has 0 radical (unpaired) electrons. The summed E-state index contributed by atoms with van der Waals surface area (Å²) in [6.07, 6.45) is 5.13. The molecule has 3 nitrogen and oxygen atoms in total. The molecule has 2 atom stereocenters. The van der Waals surface area contributed by atoms with Crippen molar-refractivity contribution in [3.8, 4) is 11.4 Å². The summed E-state index contributed by atoms with van der Waals surface area (Å²) in [5.41, 5.74) is 1.17. The summed E-state index contributed by atoms with van der Waals surface area (Å²) < 4.78 is 2.24. The molecule has 0 spiro atoms. The summed E-state index contributed by atoms with van der Waals surface area (Å²) in [7, 11) is 2.04. The number of benzene rings is 1. The quantitative estimate of drug-likeness (QED) is 0.861. The molecule has 0 amide bonds. The molecular formula is C16H23N3. The molecule has 0 bridgehead atoms. The van der Waals surface area contributed by atoms with Crippen LogP contribution in [0, 0.1) is 5.92 Å². The molecule has 1 aromatic heterocycles. The van der Waals surface area contributed by atoms with Crippen molar-refractivity contribution < 1.29 is 0 Å². The number of nitrogens with one attached hydrogen (secondary N) is 1. The minimum absolute atomic E-state index is 0.474. The third-order valence-corrected chi connectivity index (χ3v) is 3.84. The van der Waals surface area contributed by atoms with Crippen molar-refractivity contribution in [1.29, 1.82) is 0 Å². The number of hydrogen-bond acceptors (Lipinski definition) is 2. The Morgan fingerprint density at radius 3 is 2.63 bits per heavy atom. The lowest BCUT2D eigenvalue weighted by molar-refractivity contribution is 0.349. The van der Waals surface area contributed by atoms with E-state index >= 15 is 0 Å². The monoisotopic (exact) mass is 257 g/mol. The van der Waals surface area contributed by atoms with Gasteiger partial charge >= 0.3 is 0 Å². The van der Waals surface area contributed by atoms with Crippen LogP contribution in [-0.4, -0.2) is 22.6 Å². The zero-order chi connectivity index (χ0) is 13.7. The molecule has 0 saturated carbocycles. The van der Waals surface area contributed by atoms with E-state index in [-0.39, 0.29) is 0 Å². The minimum atomic E-state index is 0.474. The van der Waals surface area contributed by atoms with Crippen LogP contribution in [0.1, 0.15) is 20.3 Å². The lowest BCUT2D eigenvalue weighted by atomic mass is 9.99. The highest BCUT2D eigenvalue weighted by molar-refractivity contribution is 5.55. The van der Waals surface area contributed by atoms with Crippen LogP contribution in [0.4, 0.5) is 0 Å². The molecule has 2 unspecified atom stereocenters. The van der Waals surface area contributed by atoms with Crippen LogP contribution in [0.25, 0.3) is 11.4 Å². The standard InChI is InChI=1S/C16H23N3/c1-4-13(2)15(17-3)12-19-11-10-18-16(19)14-8-6-5-7-9-14/h5-11,13,15,17H,4,12H2,1-3H3. The van der Waals surface area contributed by atoms with Gasteiger partial charge in [0.15, 0.2) is 0 Å². The van der Waals surface area contributed by atoms with Gasteiger partial charge < -0.3 is 9.88 Å². The van der Waals surface area contributed by atoms with Crippen molar-refractivity contribution >= 4 is 0 Å². The van der Waals surface area contributed by atoms with E-state index in [4.69, 9.17) is 0 Å². The first-order valence-corrected chi connectivity index (χ1v) is 7.00. The summed E-state index contributed by atoms with van der Waals surface area (Å²) in [5.74, 6) is 1.69. The Kier molecular flexibility index (Phi) is 4.74. The first kappa shape index (κ1) is 13.8. The Hall–Kier alpha value is -1.61. The van der Waals surface area contributed by atoms with Crippen molar-refractivity contribution in [2.75, 3.05) is 7.05 Å². The van der Waals surface area contributed by atoms with Crippen molar-refractivity contribution in [2.24, 2.45) is 5.92 Å². The molecule has 0 aliphatic heterocycles. The molecule has 19 heavy (non-hydrogen) atoms. The van der Waals surface area contributed by atoms with Gasteiger partial charge in [-0.15, -0.1) is 0 Å². The topological polar surface area (TPSA) is 29.9 Å². The normalized spacial score (nSPS) is 14.3. The highest BCUT2D eigenvalue weighted by atomic mass is 15.1. The van der Waals surface area contributed by atoms with Crippen molar-refractivity contribution in [3.63, 3.8) is 0 Å². The van der Waals surface area contributed by atoms with E-state index < -0.39 is 0 Å². The second-order valence-corrected chi connectivity index (χ2v) is 5.05. The maximum atomic E-state index is 4.49. The lowest BCUT2D eigenvalue weighted by Crippen LogP contribution is -2.36. The van der Waals surface area contributed by atoms with Gasteiger partial charge in [0.25, 0.3) is 0 Å². The molecule has 0 fully saturated rings. The van der Waals surface area contributed by atoms with Crippen LogP contribution in [0.15, 0.2) is 42.7 Å². The van der Waals surface area contributed by atoms with Crippen LogP contribution < -0.4 is 5.32 Å². The third kappa shape index (κ3) is 3.24. The summed E-state index contributed by atoms with van der Waals surface area (Å²) in [6, 6.07) is 10.8. The van der Waals surface area contributed by atoms with Crippen molar-refractivity contribution in [1.82, 2.24) is 14.9 Å².